The van der Waals surface area contributed by atoms with Gasteiger partial charge in [-0.2, -0.15) is 0 Å². The van der Waals surface area contributed by atoms with Gasteiger partial charge in [0.2, 0.25) is 5.91 Å². The molecule has 0 atom stereocenters. The van der Waals surface area contributed by atoms with Crippen LogP contribution in [0.4, 0.5) is 5.69 Å². The van der Waals surface area contributed by atoms with E-state index in [1.54, 1.807) is 17.2 Å². The summed E-state index contributed by atoms with van der Waals surface area (Å²) in [6, 6.07) is 18.8. The molecule has 0 aliphatic heterocycles. The highest BCUT2D eigenvalue weighted by Crippen LogP contribution is 2.17. The Labute approximate surface area is 141 Å². The number of amides is 1. The van der Waals surface area contributed by atoms with Crippen molar-refractivity contribution >= 4 is 22.4 Å². The first-order chi connectivity index (χ1) is 11.6. The number of fused-ring (bicyclic) bond motifs is 1. The molecular weight excluding hydrogens is 300 g/mol. The van der Waals surface area contributed by atoms with Crippen LogP contribution in [-0.2, 0) is 11.3 Å². The molecule has 122 valence electrons. The highest BCUT2D eigenvalue weighted by Gasteiger charge is 2.19. The Kier molecular flexibility index (Phi) is 4.47. The number of pyridine rings is 1. The lowest BCUT2D eigenvalue weighted by atomic mass is 10.2. The van der Waals surface area contributed by atoms with Crippen molar-refractivity contribution in [3.8, 4) is 0 Å². The minimum Gasteiger partial charge on any atom is -0.308 e. The smallest absolute Gasteiger partial charge is 0.258 e. The second kappa shape index (κ2) is 6.71. The van der Waals surface area contributed by atoms with Gasteiger partial charge in [0.25, 0.3) is 5.56 Å². The molecule has 0 aliphatic carbocycles. The number of nitrogens with zero attached hydrogens (tertiary/aromatic N) is 2. The van der Waals surface area contributed by atoms with Crippen LogP contribution in [0.2, 0.25) is 0 Å². The Morgan fingerprint density at radius 1 is 1.00 bits per heavy atom. The van der Waals surface area contributed by atoms with Gasteiger partial charge in [-0.1, -0.05) is 36.4 Å². The van der Waals surface area contributed by atoms with E-state index in [1.165, 1.54) is 4.57 Å². The Morgan fingerprint density at radius 2 is 1.67 bits per heavy atom. The van der Waals surface area contributed by atoms with Crippen molar-refractivity contribution in [3.63, 3.8) is 0 Å². The van der Waals surface area contributed by atoms with E-state index in [9.17, 15) is 9.59 Å². The Balaban J connectivity index is 1.94. The van der Waals surface area contributed by atoms with E-state index in [2.05, 4.69) is 0 Å². The van der Waals surface area contributed by atoms with Crippen molar-refractivity contribution in [2.24, 2.45) is 0 Å². The third-order valence-electron chi connectivity index (χ3n) is 4.01. The summed E-state index contributed by atoms with van der Waals surface area (Å²) in [5, 5.41) is 1.51. The average Bonchev–Trinajstić information content (AvgIpc) is 2.58. The SMILES string of the molecule is CC(C)N(C(=O)Cn1ccc2ccccc2c1=O)c1ccccc1. The summed E-state index contributed by atoms with van der Waals surface area (Å²) in [6.45, 7) is 3.96. The number of aromatic nitrogens is 1. The van der Waals surface area contributed by atoms with Gasteiger partial charge in [-0.25, -0.2) is 0 Å². The van der Waals surface area contributed by atoms with E-state index in [-0.39, 0.29) is 24.1 Å². The standard InChI is InChI=1S/C20H20N2O2/c1-15(2)22(17-9-4-3-5-10-17)19(23)14-21-13-12-16-8-6-7-11-18(16)20(21)24/h3-13,15H,14H2,1-2H3. The third-order valence-corrected chi connectivity index (χ3v) is 4.01. The maximum atomic E-state index is 12.8. The number of rotatable bonds is 4. The van der Waals surface area contributed by atoms with Crippen LogP contribution in [0.1, 0.15) is 13.8 Å². The molecule has 0 fully saturated rings. The molecule has 0 radical (unpaired) electrons. The summed E-state index contributed by atoms with van der Waals surface area (Å²) in [5.41, 5.74) is 0.699. The monoisotopic (exact) mass is 320 g/mol. The fourth-order valence-corrected chi connectivity index (χ4v) is 2.89. The van der Waals surface area contributed by atoms with Crippen molar-refractivity contribution in [2.75, 3.05) is 4.90 Å². The molecule has 1 heterocycles. The Bertz CT molecular complexity index is 914. The lowest BCUT2D eigenvalue weighted by Crippen LogP contribution is -2.40. The number of para-hydroxylation sites is 1. The second-order valence-electron chi connectivity index (χ2n) is 6.03. The van der Waals surface area contributed by atoms with Gasteiger partial charge in [0, 0.05) is 23.3 Å². The molecular formula is C20H20N2O2. The van der Waals surface area contributed by atoms with E-state index in [1.807, 2.05) is 68.4 Å². The number of carbonyl (C=O) groups excluding carboxylic acids is 1. The average molecular weight is 320 g/mol. The first-order valence-electron chi connectivity index (χ1n) is 8.03. The molecule has 24 heavy (non-hydrogen) atoms. The maximum absolute atomic E-state index is 12.8. The summed E-state index contributed by atoms with van der Waals surface area (Å²) < 4.78 is 1.48. The van der Waals surface area contributed by atoms with E-state index in [4.69, 9.17) is 0 Å². The van der Waals surface area contributed by atoms with Crippen LogP contribution in [-0.4, -0.2) is 16.5 Å². The minimum atomic E-state index is -0.141. The highest BCUT2D eigenvalue weighted by molar-refractivity contribution is 5.94. The molecule has 4 heteroatoms. The van der Waals surface area contributed by atoms with Crippen molar-refractivity contribution in [2.45, 2.75) is 26.4 Å². The molecule has 1 amide bonds. The molecule has 0 saturated heterocycles. The summed E-state index contributed by atoms with van der Waals surface area (Å²) >= 11 is 0. The normalized spacial score (nSPS) is 11.0. The second-order valence-corrected chi connectivity index (χ2v) is 6.03. The van der Waals surface area contributed by atoms with E-state index in [0.29, 0.717) is 5.39 Å². The molecule has 0 N–H and O–H groups in total. The molecule has 3 rings (SSSR count). The van der Waals surface area contributed by atoms with Crippen LogP contribution in [0.3, 0.4) is 0 Å². The third kappa shape index (κ3) is 3.08. The zero-order valence-corrected chi connectivity index (χ0v) is 13.8. The van der Waals surface area contributed by atoms with Gasteiger partial charge in [-0.15, -0.1) is 0 Å². The van der Waals surface area contributed by atoms with Crippen LogP contribution < -0.4 is 10.5 Å². The van der Waals surface area contributed by atoms with Gasteiger partial charge < -0.3 is 9.47 Å². The zero-order valence-electron chi connectivity index (χ0n) is 13.8. The van der Waals surface area contributed by atoms with Gasteiger partial charge >= 0.3 is 0 Å². The Morgan fingerprint density at radius 3 is 2.38 bits per heavy atom. The van der Waals surface area contributed by atoms with Crippen LogP contribution in [0.15, 0.2) is 71.7 Å². The van der Waals surface area contributed by atoms with Crippen molar-refractivity contribution in [3.05, 3.63) is 77.2 Å². The summed E-state index contributed by atoms with van der Waals surface area (Å²) in [5.74, 6) is -0.103. The predicted octanol–water partition coefficient (Wildman–Crippen LogP) is 3.44. The highest BCUT2D eigenvalue weighted by atomic mass is 16.2. The largest absolute Gasteiger partial charge is 0.308 e. The minimum absolute atomic E-state index is 0.0102. The molecule has 0 saturated carbocycles. The van der Waals surface area contributed by atoms with Gasteiger partial charge in [0.1, 0.15) is 6.54 Å². The van der Waals surface area contributed by atoms with Crippen LogP contribution >= 0.6 is 0 Å². The predicted molar refractivity (Wildman–Crippen MR) is 97.3 cm³/mol. The lowest BCUT2D eigenvalue weighted by Gasteiger charge is -2.27. The van der Waals surface area contributed by atoms with Crippen molar-refractivity contribution in [1.82, 2.24) is 4.57 Å². The molecule has 0 aliphatic rings. The summed E-state index contributed by atoms with van der Waals surface area (Å²) in [4.78, 5) is 27.1. The topological polar surface area (TPSA) is 42.3 Å². The van der Waals surface area contributed by atoms with Gasteiger partial charge in [-0.3, -0.25) is 9.59 Å². The van der Waals surface area contributed by atoms with Crippen LogP contribution in [0.25, 0.3) is 10.8 Å². The molecule has 0 unspecified atom stereocenters. The molecule has 4 nitrogen and oxygen atoms in total. The zero-order chi connectivity index (χ0) is 17.1. The number of hydrogen-bond donors (Lipinski definition) is 0. The lowest BCUT2D eigenvalue weighted by molar-refractivity contribution is -0.119. The maximum Gasteiger partial charge on any atom is 0.258 e. The van der Waals surface area contributed by atoms with Gasteiger partial charge in [0.15, 0.2) is 0 Å². The van der Waals surface area contributed by atoms with Gasteiger partial charge in [0.05, 0.1) is 0 Å². The summed E-state index contributed by atoms with van der Waals surface area (Å²) in [7, 11) is 0. The Hall–Kier alpha value is -2.88. The van der Waals surface area contributed by atoms with E-state index < -0.39 is 0 Å². The van der Waals surface area contributed by atoms with E-state index >= 15 is 0 Å². The number of hydrogen-bond acceptors (Lipinski definition) is 2. The van der Waals surface area contributed by atoms with E-state index in [0.717, 1.165) is 11.1 Å². The first kappa shape index (κ1) is 16.0. The molecule has 2 aromatic carbocycles. The number of carbonyl (C=O) groups is 1. The number of anilines is 1. The van der Waals surface area contributed by atoms with Crippen molar-refractivity contribution in [1.29, 1.82) is 0 Å². The molecule has 3 aromatic rings. The molecule has 0 bridgehead atoms. The fourth-order valence-electron chi connectivity index (χ4n) is 2.89. The van der Waals surface area contributed by atoms with Crippen LogP contribution in [0, 0.1) is 0 Å². The molecule has 1 aromatic heterocycles. The first-order valence-corrected chi connectivity index (χ1v) is 8.03. The fraction of sp³-hybridized carbons (Fsp3) is 0.200. The quantitative estimate of drug-likeness (QED) is 0.739. The summed E-state index contributed by atoms with van der Waals surface area (Å²) in [6.07, 6.45) is 1.69. The van der Waals surface area contributed by atoms with Crippen molar-refractivity contribution < 1.29 is 4.79 Å². The van der Waals surface area contributed by atoms with Crippen LogP contribution in [0.5, 0.6) is 0 Å². The van der Waals surface area contributed by atoms with Gasteiger partial charge in [-0.05, 0) is 43.5 Å². The number of benzene rings is 2. The molecule has 0 spiro atoms.